The second-order valence-corrected chi connectivity index (χ2v) is 11.5. The maximum Gasteiger partial charge on any atom is 0.269 e. The van der Waals surface area contributed by atoms with E-state index in [2.05, 4.69) is 6.07 Å². The molecule has 2 heterocycles. The van der Waals surface area contributed by atoms with Gasteiger partial charge in [0.25, 0.3) is 5.56 Å². The lowest BCUT2D eigenvalue weighted by molar-refractivity contribution is -0.120. The van der Waals surface area contributed by atoms with Crippen LogP contribution in [0.4, 0.5) is 5.69 Å². The van der Waals surface area contributed by atoms with Crippen molar-refractivity contribution in [3.8, 4) is 0 Å². The van der Waals surface area contributed by atoms with Crippen molar-refractivity contribution >= 4 is 40.9 Å². The SMILES string of the molecule is Cc1ccc(C=c2sc(=CC(=O)C(C)(C)C)n(CC(=O)N3c4ccccc4CC3C)c2=O)c(C)c1. The molecule has 1 unspecified atom stereocenters. The third-order valence-corrected chi connectivity index (χ3v) is 7.47. The van der Waals surface area contributed by atoms with Crippen LogP contribution in [0.2, 0.25) is 0 Å². The van der Waals surface area contributed by atoms with Crippen molar-refractivity contribution in [1.29, 1.82) is 0 Å². The van der Waals surface area contributed by atoms with E-state index in [4.69, 9.17) is 0 Å². The van der Waals surface area contributed by atoms with Gasteiger partial charge in [0.2, 0.25) is 5.91 Å². The Kier molecular flexibility index (Phi) is 6.69. The van der Waals surface area contributed by atoms with Crippen LogP contribution in [-0.2, 0) is 22.6 Å². The molecule has 0 saturated heterocycles. The smallest absolute Gasteiger partial charge is 0.269 e. The Morgan fingerprint density at radius 2 is 1.83 bits per heavy atom. The van der Waals surface area contributed by atoms with Gasteiger partial charge in [-0.15, -0.1) is 11.3 Å². The van der Waals surface area contributed by atoms with Crippen LogP contribution >= 0.6 is 11.3 Å². The normalized spacial score (nSPS) is 16.6. The predicted octanol–water partition coefficient (Wildman–Crippen LogP) is 3.73. The number of anilines is 1. The summed E-state index contributed by atoms with van der Waals surface area (Å²) in [4.78, 5) is 41.6. The zero-order valence-corrected chi connectivity index (χ0v) is 22.0. The molecular formula is C29H32N2O3S. The summed E-state index contributed by atoms with van der Waals surface area (Å²) in [7, 11) is 0. The highest BCUT2D eigenvalue weighted by Crippen LogP contribution is 2.31. The maximum atomic E-state index is 13.5. The summed E-state index contributed by atoms with van der Waals surface area (Å²) in [6.07, 6.45) is 4.16. The maximum absolute atomic E-state index is 13.5. The van der Waals surface area contributed by atoms with E-state index >= 15 is 0 Å². The van der Waals surface area contributed by atoms with Crippen molar-refractivity contribution in [1.82, 2.24) is 4.57 Å². The fourth-order valence-corrected chi connectivity index (χ4v) is 5.44. The molecule has 0 fully saturated rings. The summed E-state index contributed by atoms with van der Waals surface area (Å²) in [5.74, 6) is -0.240. The first-order valence-corrected chi connectivity index (χ1v) is 12.7. The van der Waals surface area contributed by atoms with E-state index < -0.39 is 5.41 Å². The second kappa shape index (κ2) is 9.42. The van der Waals surface area contributed by atoms with Crippen LogP contribution in [0.5, 0.6) is 0 Å². The molecule has 1 aliphatic heterocycles. The number of hydrogen-bond donors (Lipinski definition) is 0. The Balaban J connectivity index is 1.82. The van der Waals surface area contributed by atoms with Gasteiger partial charge < -0.3 is 4.90 Å². The Morgan fingerprint density at radius 1 is 1.11 bits per heavy atom. The lowest BCUT2D eigenvalue weighted by Crippen LogP contribution is -2.43. The predicted molar refractivity (Wildman–Crippen MR) is 143 cm³/mol. The van der Waals surface area contributed by atoms with Crippen molar-refractivity contribution < 1.29 is 9.59 Å². The Hall–Kier alpha value is -3.25. The van der Waals surface area contributed by atoms with Crippen molar-refractivity contribution in [2.75, 3.05) is 4.90 Å². The van der Waals surface area contributed by atoms with E-state index in [0.717, 1.165) is 34.4 Å². The average molecular weight is 489 g/mol. The molecule has 2 aromatic carbocycles. The van der Waals surface area contributed by atoms with Crippen molar-refractivity contribution in [2.45, 2.75) is 60.5 Å². The number of carbonyl (C=O) groups is 2. The molecule has 0 spiro atoms. The molecule has 0 radical (unpaired) electrons. The number of ketones is 1. The molecule has 0 N–H and O–H groups in total. The van der Waals surface area contributed by atoms with Gasteiger partial charge in [-0.3, -0.25) is 19.0 Å². The summed E-state index contributed by atoms with van der Waals surface area (Å²) >= 11 is 1.26. The molecular weight excluding hydrogens is 456 g/mol. The fourth-order valence-electron chi connectivity index (χ4n) is 4.41. The molecule has 3 aromatic rings. The van der Waals surface area contributed by atoms with Gasteiger partial charge in [0, 0.05) is 23.2 Å². The van der Waals surface area contributed by atoms with Crippen LogP contribution in [0, 0.1) is 19.3 Å². The molecule has 1 aromatic heterocycles. The summed E-state index contributed by atoms with van der Waals surface area (Å²) in [6.45, 7) is 11.5. The molecule has 182 valence electrons. The van der Waals surface area contributed by atoms with Crippen LogP contribution in [-0.4, -0.2) is 22.3 Å². The number of nitrogens with zero attached hydrogens (tertiary/aromatic N) is 2. The van der Waals surface area contributed by atoms with E-state index in [-0.39, 0.29) is 29.8 Å². The lowest BCUT2D eigenvalue weighted by Gasteiger charge is -2.23. The van der Waals surface area contributed by atoms with Crippen molar-refractivity contribution in [2.24, 2.45) is 5.41 Å². The van der Waals surface area contributed by atoms with Crippen LogP contribution < -0.4 is 19.7 Å². The van der Waals surface area contributed by atoms with E-state index in [1.54, 1.807) is 4.90 Å². The Bertz CT molecular complexity index is 1490. The first kappa shape index (κ1) is 24.9. The molecule has 0 aliphatic carbocycles. The number of aryl methyl sites for hydroxylation is 2. The van der Waals surface area contributed by atoms with Gasteiger partial charge in [-0.1, -0.05) is 62.7 Å². The quantitative estimate of drug-likeness (QED) is 0.562. The number of amides is 1. The number of hydrogen-bond acceptors (Lipinski definition) is 4. The topological polar surface area (TPSA) is 59.4 Å². The van der Waals surface area contributed by atoms with E-state index in [1.165, 1.54) is 22.0 Å². The fraction of sp³-hybridized carbons (Fsp3) is 0.345. The van der Waals surface area contributed by atoms with Crippen molar-refractivity contribution in [3.05, 3.63) is 84.3 Å². The molecule has 1 amide bonds. The number of rotatable bonds is 4. The molecule has 6 heteroatoms. The van der Waals surface area contributed by atoms with Gasteiger partial charge >= 0.3 is 0 Å². The first-order chi connectivity index (χ1) is 16.5. The molecule has 4 rings (SSSR count). The molecule has 0 bridgehead atoms. The average Bonchev–Trinajstić information content (AvgIpc) is 3.25. The zero-order chi connectivity index (χ0) is 25.5. The number of benzene rings is 2. The minimum Gasteiger partial charge on any atom is -0.307 e. The molecule has 1 atom stereocenters. The molecule has 1 aliphatic rings. The summed E-state index contributed by atoms with van der Waals surface area (Å²) in [6, 6.07) is 14.0. The van der Waals surface area contributed by atoms with Crippen LogP contribution in [0.25, 0.3) is 12.2 Å². The number of thiazole rings is 1. The lowest BCUT2D eigenvalue weighted by atomic mass is 9.91. The number of para-hydroxylation sites is 1. The molecule has 35 heavy (non-hydrogen) atoms. The van der Waals surface area contributed by atoms with E-state index in [9.17, 15) is 14.4 Å². The highest BCUT2D eigenvalue weighted by molar-refractivity contribution is 7.07. The van der Waals surface area contributed by atoms with Crippen molar-refractivity contribution in [3.63, 3.8) is 0 Å². The van der Waals surface area contributed by atoms with Gasteiger partial charge in [0.1, 0.15) is 11.2 Å². The molecule has 5 nitrogen and oxygen atoms in total. The Labute approximate surface area is 210 Å². The summed E-state index contributed by atoms with van der Waals surface area (Å²) in [5, 5.41) is 0. The summed E-state index contributed by atoms with van der Waals surface area (Å²) < 4.78 is 2.46. The van der Waals surface area contributed by atoms with Crippen LogP contribution in [0.3, 0.4) is 0 Å². The number of Topliss-reactive ketones (excluding diaryl/α,β-unsaturated/α-hetero) is 1. The second-order valence-electron chi connectivity index (χ2n) is 10.4. The first-order valence-electron chi connectivity index (χ1n) is 11.9. The minimum absolute atomic E-state index is 0.0131. The van der Waals surface area contributed by atoms with Crippen LogP contribution in [0.1, 0.15) is 49.9 Å². The van der Waals surface area contributed by atoms with Gasteiger partial charge in [-0.25, -0.2) is 0 Å². The van der Waals surface area contributed by atoms with Gasteiger partial charge in [0.15, 0.2) is 5.78 Å². The number of carbonyl (C=O) groups excluding carboxylic acids is 2. The third kappa shape index (κ3) is 5.08. The number of fused-ring (bicyclic) bond motifs is 1. The third-order valence-electron chi connectivity index (χ3n) is 6.41. The highest BCUT2D eigenvalue weighted by atomic mass is 32.1. The number of aromatic nitrogens is 1. The highest BCUT2D eigenvalue weighted by Gasteiger charge is 2.31. The minimum atomic E-state index is -0.589. The van der Waals surface area contributed by atoms with Crippen LogP contribution in [0.15, 0.2) is 47.3 Å². The standard InChI is InChI=1S/C29H32N2O3S/c1-18-11-12-21(19(2)13-18)15-24-28(34)30(27(35-24)16-25(32)29(4,5)6)17-26(33)31-20(3)14-22-9-7-8-10-23(22)31/h7-13,15-16,20H,14,17H2,1-6H3. The molecule has 0 saturated carbocycles. The van der Waals surface area contributed by atoms with E-state index in [0.29, 0.717) is 9.20 Å². The van der Waals surface area contributed by atoms with Gasteiger partial charge in [-0.2, -0.15) is 0 Å². The van der Waals surface area contributed by atoms with Gasteiger partial charge in [-0.05, 0) is 56.0 Å². The Morgan fingerprint density at radius 3 is 2.51 bits per heavy atom. The summed E-state index contributed by atoms with van der Waals surface area (Å²) in [5.41, 5.74) is 4.35. The largest absolute Gasteiger partial charge is 0.307 e. The van der Waals surface area contributed by atoms with E-state index in [1.807, 2.05) is 84.0 Å². The monoisotopic (exact) mass is 488 g/mol. The zero-order valence-electron chi connectivity index (χ0n) is 21.2. The van der Waals surface area contributed by atoms with Gasteiger partial charge in [0.05, 0.1) is 4.53 Å².